The summed E-state index contributed by atoms with van der Waals surface area (Å²) in [6, 6.07) is 40.4. The summed E-state index contributed by atoms with van der Waals surface area (Å²) in [4.78, 5) is 26.0. The molecule has 1 amide bonds. The minimum Gasteiger partial charge on any atom is -0.375 e. The molecule has 2 heterocycles. The molecular formula is C40H36ClN5OS. The fraction of sp³-hybridized carbons (Fsp3) is 0.175. The van der Waals surface area contributed by atoms with Crippen molar-refractivity contribution in [2.24, 2.45) is 0 Å². The third-order valence-electron chi connectivity index (χ3n) is 9.36. The van der Waals surface area contributed by atoms with Crippen LogP contribution >= 0.6 is 23.8 Å². The number of benzene rings is 4. The number of aromatic nitrogens is 2. The fourth-order valence-electron chi connectivity index (χ4n) is 6.98. The van der Waals surface area contributed by atoms with Crippen LogP contribution in [-0.2, 0) is 10.2 Å². The number of halogens is 1. The van der Waals surface area contributed by atoms with Gasteiger partial charge in [0.2, 0.25) is 0 Å². The van der Waals surface area contributed by atoms with Crippen LogP contribution in [0.5, 0.6) is 0 Å². The van der Waals surface area contributed by atoms with E-state index in [-0.39, 0.29) is 11.9 Å². The largest absolute Gasteiger partial charge is 0.375 e. The van der Waals surface area contributed by atoms with E-state index in [0.717, 1.165) is 30.2 Å². The van der Waals surface area contributed by atoms with Crippen LogP contribution in [0.3, 0.4) is 0 Å². The summed E-state index contributed by atoms with van der Waals surface area (Å²) >= 11 is 11.6. The molecule has 2 N–H and O–H groups in total. The predicted molar refractivity (Wildman–Crippen MR) is 199 cm³/mol. The van der Waals surface area contributed by atoms with Crippen molar-refractivity contribution in [1.29, 1.82) is 0 Å². The summed E-state index contributed by atoms with van der Waals surface area (Å²) in [6.07, 6.45) is 7.74. The van der Waals surface area contributed by atoms with Crippen LogP contribution in [0.15, 0.2) is 151 Å². The topological polar surface area (TPSA) is 64.3 Å². The van der Waals surface area contributed by atoms with Gasteiger partial charge in [-0.3, -0.25) is 4.79 Å². The molecule has 2 aliphatic rings. The van der Waals surface area contributed by atoms with Crippen molar-refractivity contribution in [2.75, 3.05) is 36.4 Å². The van der Waals surface area contributed by atoms with Gasteiger partial charge >= 0.3 is 0 Å². The molecule has 1 aliphatic heterocycles. The second-order valence-electron chi connectivity index (χ2n) is 12.1. The zero-order valence-electron chi connectivity index (χ0n) is 26.4. The van der Waals surface area contributed by atoms with Gasteiger partial charge in [0.05, 0.1) is 35.2 Å². The molecule has 4 aromatic carbocycles. The molecular weight excluding hydrogens is 634 g/mol. The van der Waals surface area contributed by atoms with Gasteiger partial charge in [0.15, 0.2) is 0 Å². The van der Waals surface area contributed by atoms with Crippen molar-refractivity contribution >= 4 is 46.0 Å². The molecule has 0 spiro atoms. The molecule has 1 unspecified atom stereocenters. The molecule has 0 radical (unpaired) electrons. The van der Waals surface area contributed by atoms with E-state index in [1.165, 1.54) is 16.7 Å². The molecule has 1 aromatic heterocycles. The highest BCUT2D eigenvalue weighted by Crippen LogP contribution is 2.49. The number of H-pyrrole nitrogens is 1. The number of nitrogens with zero attached hydrogens (tertiary/aromatic N) is 3. The highest BCUT2D eigenvalue weighted by molar-refractivity contribution is 7.81. The van der Waals surface area contributed by atoms with E-state index in [0.29, 0.717) is 35.0 Å². The van der Waals surface area contributed by atoms with E-state index in [1.807, 2.05) is 17.2 Å². The minimum absolute atomic E-state index is 0.0333. The van der Waals surface area contributed by atoms with Gasteiger partial charge in [-0.15, -0.1) is 0 Å². The van der Waals surface area contributed by atoms with E-state index in [2.05, 4.69) is 135 Å². The number of hydrogen-bond donors (Lipinski definition) is 2. The van der Waals surface area contributed by atoms with E-state index in [9.17, 15) is 4.79 Å². The van der Waals surface area contributed by atoms with E-state index in [4.69, 9.17) is 23.8 Å². The Morgan fingerprint density at radius 2 is 1.38 bits per heavy atom. The summed E-state index contributed by atoms with van der Waals surface area (Å²) < 4.78 is 0. The smallest absolute Gasteiger partial charge is 0.255 e. The number of nitrogens with one attached hydrogen (secondary N) is 2. The Kier molecular flexibility index (Phi) is 9.23. The molecule has 0 saturated carbocycles. The monoisotopic (exact) mass is 669 g/mol. The summed E-state index contributed by atoms with van der Waals surface area (Å²) in [5.41, 5.74) is 6.52. The number of carbonyl (C=O) groups excluding carboxylic acids is 1. The van der Waals surface area contributed by atoms with Crippen molar-refractivity contribution in [3.8, 4) is 0 Å². The zero-order chi connectivity index (χ0) is 32.9. The predicted octanol–water partition coefficient (Wildman–Crippen LogP) is 8.07. The third-order valence-corrected chi connectivity index (χ3v) is 10.0. The maximum absolute atomic E-state index is 13.2. The minimum atomic E-state index is -0.603. The number of piperazine rings is 1. The summed E-state index contributed by atoms with van der Waals surface area (Å²) in [6.45, 7) is 2.71. The molecule has 0 bridgehead atoms. The second-order valence-corrected chi connectivity index (χ2v) is 13.0. The Labute approximate surface area is 291 Å². The lowest BCUT2D eigenvalue weighted by Crippen LogP contribution is -2.49. The molecule has 8 heteroatoms. The number of carbonyl (C=O) groups is 1. The van der Waals surface area contributed by atoms with Gasteiger partial charge in [-0.2, -0.15) is 0 Å². The van der Waals surface area contributed by atoms with Crippen LogP contribution < -0.4 is 10.2 Å². The first kappa shape index (κ1) is 31.6. The summed E-state index contributed by atoms with van der Waals surface area (Å²) in [5, 5.41) is 4.51. The first-order valence-electron chi connectivity index (χ1n) is 16.2. The van der Waals surface area contributed by atoms with E-state index >= 15 is 0 Å². The number of amides is 1. The molecule has 1 atom stereocenters. The van der Waals surface area contributed by atoms with Crippen molar-refractivity contribution in [2.45, 2.75) is 17.9 Å². The Morgan fingerprint density at radius 1 is 0.812 bits per heavy atom. The number of anilines is 2. The maximum Gasteiger partial charge on any atom is 0.255 e. The van der Waals surface area contributed by atoms with Gasteiger partial charge in [0, 0.05) is 53.9 Å². The van der Waals surface area contributed by atoms with Crippen molar-refractivity contribution < 1.29 is 4.79 Å². The van der Waals surface area contributed by atoms with Crippen LogP contribution in [0.25, 0.3) is 0 Å². The lowest BCUT2D eigenvalue weighted by atomic mass is 9.63. The quantitative estimate of drug-likeness (QED) is 0.123. The van der Waals surface area contributed by atoms with Crippen LogP contribution in [0.4, 0.5) is 11.4 Å². The van der Waals surface area contributed by atoms with Gasteiger partial charge in [0.25, 0.3) is 5.91 Å². The number of aromatic amines is 1. The number of allylic oxidation sites excluding steroid dienone is 3. The fourth-order valence-corrected chi connectivity index (χ4v) is 7.39. The van der Waals surface area contributed by atoms with Gasteiger partial charge in [-0.05, 0) is 47.0 Å². The zero-order valence-corrected chi connectivity index (χ0v) is 28.0. The van der Waals surface area contributed by atoms with Crippen molar-refractivity contribution in [3.05, 3.63) is 173 Å². The number of thiocarbonyl (C=S) groups is 1. The number of imidazole rings is 1. The van der Waals surface area contributed by atoms with Crippen LogP contribution in [0, 0.1) is 0 Å². The molecule has 5 aromatic rings. The van der Waals surface area contributed by atoms with Crippen LogP contribution in [0.2, 0.25) is 0 Å². The second kappa shape index (κ2) is 14.0. The lowest BCUT2D eigenvalue weighted by Gasteiger charge is -2.43. The molecule has 6 nitrogen and oxygen atoms in total. The SMILES string of the molecule is O=C(C1=CC(Cl)=CCC1=S)N1CCN(c2ccc(NC(c3cnc[nH]3)C(c3ccccc3)(c3ccccc3)c3ccccc3)cc2)CC1. The Hall–Kier alpha value is -4.98. The summed E-state index contributed by atoms with van der Waals surface area (Å²) in [5.74, 6) is -0.0333. The summed E-state index contributed by atoms with van der Waals surface area (Å²) in [7, 11) is 0. The van der Waals surface area contributed by atoms with E-state index in [1.54, 1.807) is 12.4 Å². The Morgan fingerprint density at radius 3 is 1.90 bits per heavy atom. The molecule has 1 fully saturated rings. The van der Waals surface area contributed by atoms with E-state index < -0.39 is 5.41 Å². The van der Waals surface area contributed by atoms with Gasteiger partial charge < -0.3 is 20.1 Å². The highest BCUT2D eigenvalue weighted by atomic mass is 35.5. The number of hydrogen-bond acceptors (Lipinski definition) is 5. The van der Waals surface area contributed by atoms with Gasteiger partial charge in [0.1, 0.15) is 0 Å². The number of rotatable bonds is 9. The van der Waals surface area contributed by atoms with Gasteiger partial charge in [-0.25, -0.2) is 4.98 Å². The van der Waals surface area contributed by atoms with Gasteiger partial charge in [-0.1, -0.05) is 121 Å². The van der Waals surface area contributed by atoms with Crippen LogP contribution in [0.1, 0.15) is 34.8 Å². The normalized spacial score (nSPS) is 15.8. The standard InChI is InChI=1S/C40H36ClN5OS/c41-32-16-21-37(48)35(26-32)39(47)46-24-22-45(23-25-46)34-19-17-33(18-20-34)44-38(36-27-42-28-43-36)40(29-10-4-1-5-11-29,30-12-6-2-7-13-30)31-14-8-3-9-15-31/h1-20,26-28,38,44H,21-25H2,(H,42,43). The average Bonchev–Trinajstić information content (AvgIpc) is 3.69. The Balaban J connectivity index is 1.18. The highest BCUT2D eigenvalue weighted by Gasteiger charge is 2.45. The first-order chi connectivity index (χ1) is 23.5. The maximum atomic E-state index is 13.2. The first-order valence-corrected chi connectivity index (χ1v) is 17.0. The van der Waals surface area contributed by atoms with Crippen LogP contribution in [-0.4, -0.2) is 51.8 Å². The Bertz CT molecular complexity index is 1820. The van der Waals surface area contributed by atoms with Crippen molar-refractivity contribution in [3.63, 3.8) is 0 Å². The molecule has 48 heavy (non-hydrogen) atoms. The average molecular weight is 670 g/mol. The molecule has 240 valence electrons. The molecule has 1 aliphatic carbocycles. The third kappa shape index (κ3) is 6.19. The lowest BCUT2D eigenvalue weighted by molar-refractivity contribution is -0.126. The molecule has 7 rings (SSSR count). The van der Waals surface area contributed by atoms with Crippen molar-refractivity contribution in [1.82, 2.24) is 14.9 Å². The molecule has 1 saturated heterocycles.